The van der Waals surface area contributed by atoms with E-state index >= 15 is 0 Å². The third kappa shape index (κ3) is 15.9. The zero-order valence-electron chi connectivity index (χ0n) is 19.6. The summed E-state index contributed by atoms with van der Waals surface area (Å²) in [6.07, 6.45) is 26.6. The lowest BCUT2D eigenvalue weighted by atomic mass is 10.00. The van der Waals surface area contributed by atoms with Crippen LogP contribution in [0.3, 0.4) is 0 Å². The summed E-state index contributed by atoms with van der Waals surface area (Å²) in [6, 6.07) is 0.580. The Kier molecular flexibility index (Phi) is 20.8. The van der Waals surface area contributed by atoms with Gasteiger partial charge in [0.1, 0.15) is 0 Å². The van der Waals surface area contributed by atoms with Crippen molar-refractivity contribution in [2.45, 2.75) is 129 Å². The number of imidazole rings is 1. The van der Waals surface area contributed by atoms with E-state index in [0.29, 0.717) is 19.1 Å². The summed E-state index contributed by atoms with van der Waals surface area (Å²) in [6.45, 7) is 4.97. The molecule has 1 atom stereocenters. The molecule has 0 aliphatic heterocycles. The quantitative estimate of drug-likeness (QED) is 0.199. The van der Waals surface area contributed by atoms with Crippen LogP contribution < -0.4 is 17.0 Å². The van der Waals surface area contributed by atoms with Crippen molar-refractivity contribution in [2.75, 3.05) is 6.61 Å². The maximum atomic E-state index is 11.6. The van der Waals surface area contributed by atoms with Crippen LogP contribution in [0.1, 0.15) is 129 Å². The van der Waals surface area contributed by atoms with Gasteiger partial charge in [-0.15, -0.1) is 0 Å². The number of unbranched alkanes of at least 4 members (excludes halogenated alkanes) is 11. The van der Waals surface area contributed by atoms with E-state index in [0.717, 1.165) is 25.7 Å². The van der Waals surface area contributed by atoms with Crippen molar-refractivity contribution in [2.24, 2.45) is 0 Å². The first kappa shape index (κ1) is 29.2. The fourth-order valence-electron chi connectivity index (χ4n) is 3.85. The number of hydrogen-bond donors (Lipinski definition) is 0. The van der Waals surface area contributed by atoms with Gasteiger partial charge in [0, 0.05) is 24.9 Å². The fraction of sp³-hybridized carbons (Fsp3) is 0.840. The molecule has 0 spiro atoms. The van der Waals surface area contributed by atoms with Crippen molar-refractivity contribution in [3.8, 4) is 0 Å². The molecule has 0 amide bonds. The van der Waals surface area contributed by atoms with E-state index in [1.165, 1.54) is 77.0 Å². The van der Waals surface area contributed by atoms with E-state index in [4.69, 9.17) is 4.74 Å². The first-order valence-corrected chi connectivity index (χ1v) is 12.4. The molecule has 176 valence electrons. The van der Waals surface area contributed by atoms with Gasteiger partial charge in [0.25, 0.3) is 0 Å². The van der Waals surface area contributed by atoms with E-state index < -0.39 is 0 Å². The molecule has 5 heteroatoms. The van der Waals surface area contributed by atoms with Gasteiger partial charge in [-0.2, -0.15) is 0 Å². The highest BCUT2D eigenvalue weighted by atomic mass is 79.9. The van der Waals surface area contributed by atoms with Crippen LogP contribution in [0.5, 0.6) is 0 Å². The Balaban J connectivity index is 0.00000841. The molecule has 0 saturated heterocycles. The lowest BCUT2D eigenvalue weighted by Gasteiger charge is -2.18. The summed E-state index contributed by atoms with van der Waals surface area (Å²) in [5.41, 5.74) is 0. The number of ether oxygens (including phenoxy) is 1. The molecule has 1 rings (SSSR count). The molecule has 1 aromatic heterocycles. The number of carbonyl (C=O) groups excluding carboxylic acids is 1. The zero-order valence-corrected chi connectivity index (χ0v) is 21.2. The van der Waals surface area contributed by atoms with Gasteiger partial charge in [-0.3, -0.25) is 4.79 Å². The van der Waals surface area contributed by atoms with Crippen LogP contribution in [0.4, 0.5) is 0 Å². The van der Waals surface area contributed by atoms with Gasteiger partial charge in [-0.05, 0) is 25.7 Å². The molecule has 0 fully saturated rings. The number of carbonyl (C=O) groups is 1. The smallest absolute Gasteiger partial charge is 0.305 e. The fourth-order valence-corrected chi connectivity index (χ4v) is 3.85. The lowest BCUT2D eigenvalue weighted by Crippen LogP contribution is -3.00. The Labute approximate surface area is 196 Å². The highest BCUT2D eigenvalue weighted by molar-refractivity contribution is 5.69. The van der Waals surface area contributed by atoms with Crippen LogP contribution >= 0.6 is 0 Å². The molecule has 1 unspecified atom stereocenters. The molecular formula is C25H46BrN2O2-. The number of nitrogens with zero attached hydrogens (tertiary/aromatic N) is 2. The van der Waals surface area contributed by atoms with Gasteiger partial charge in [0.05, 0.1) is 12.9 Å². The first-order chi connectivity index (χ1) is 14.3. The van der Waals surface area contributed by atoms with E-state index in [1.807, 2.05) is 12.5 Å². The molecule has 1 aromatic rings. The van der Waals surface area contributed by atoms with E-state index in [-0.39, 0.29) is 23.0 Å². The Morgan fingerprint density at radius 2 is 1.40 bits per heavy atom. The van der Waals surface area contributed by atoms with Crippen LogP contribution in [-0.2, 0) is 9.53 Å². The van der Waals surface area contributed by atoms with Gasteiger partial charge in [0.15, 0.2) is 0 Å². The van der Waals surface area contributed by atoms with Gasteiger partial charge in [-0.1, -0.05) is 90.9 Å². The van der Waals surface area contributed by atoms with Crippen LogP contribution in [0.2, 0.25) is 0 Å². The summed E-state index contributed by atoms with van der Waals surface area (Å²) < 4.78 is 7.52. The molecule has 1 heterocycles. The highest BCUT2D eigenvalue weighted by Crippen LogP contribution is 2.23. The minimum atomic E-state index is -0.0237. The molecular weight excluding hydrogens is 440 g/mol. The summed E-state index contributed by atoms with van der Waals surface area (Å²) in [7, 11) is 0. The van der Waals surface area contributed by atoms with Crippen LogP contribution in [-0.4, -0.2) is 22.1 Å². The van der Waals surface area contributed by atoms with Gasteiger partial charge >= 0.3 is 5.97 Å². The van der Waals surface area contributed by atoms with Crippen molar-refractivity contribution in [3.05, 3.63) is 18.7 Å². The Bertz CT molecular complexity index is 480. The van der Waals surface area contributed by atoms with E-state index in [9.17, 15) is 4.79 Å². The van der Waals surface area contributed by atoms with E-state index in [2.05, 4.69) is 29.6 Å². The summed E-state index contributed by atoms with van der Waals surface area (Å²) >= 11 is 0. The minimum absolute atomic E-state index is 0. The van der Waals surface area contributed by atoms with E-state index in [1.54, 1.807) is 0 Å². The number of hydrogen-bond acceptors (Lipinski definition) is 3. The van der Waals surface area contributed by atoms with Crippen LogP contribution in [0.15, 0.2) is 18.7 Å². The summed E-state index contributed by atoms with van der Waals surface area (Å²) in [5.74, 6) is -0.0237. The van der Waals surface area contributed by atoms with Gasteiger partial charge in [-0.25, -0.2) is 4.98 Å². The van der Waals surface area contributed by atoms with Crippen molar-refractivity contribution < 1.29 is 26.5 Å². The Morgan fingerprint density at radius 3 is 1.97 bits per heavy atom. The number of esters is 1. The SMILES string of the molecule is CCCCCCCCCCC(CCCCCCC(=O)OCCCC)n1ccnc1.[Br-]. The minimum Gasteiger partial charge on any atom is -1.00 e. The molecule has 0 aliphatic rings. The highest BCUT2D eigenvalue weighted by Gasteiger charge is 2.10. The van der Waals surface area contributed by atoms with Crippen molar-refractivity contribution in [1.82, 2.24) is 9.55 Å². The average molecular weight is 487 g/mol. The molecule has 30 heavy (non-hydrogen) atoms. The zero-order chi connectivity index (χ0) is 21.0. The molecule has 4 nitrogen and oxygen atoms in total. The number of halogens is 1. The molecule has 0 aromatic carbocycles. The largest absolute Gasteiger partial charge is 1.00 e. The van der Waals surface area contributed by atoms with Crippen LogP contribution in [0.25, 0.3) is 0 Å². The maximum Gasteiger partial charge on any atom is 0.305 e. The predicted molar refractivity (Wildman–Crippen MR) is 122 cm³/mol. The normalized spacial score (nSPS) is 11.8. The second-order valence-corrected chi connectivity index (χ2v) is 8.45. The lowest BCUT2D eigenvalue weighted by molar-refractivity contribution is -0.143. The summed E-state index contributed by atoms with van der Waals surface area (Å²) in [5, 5.41) is 0. The van der Waals surface area contributed by atoms with Gasteiger partial charge < -0.3 is 26.3 Å². The molecule has 0 bridgehead atoms. The Hall–Kier alpha value is -0.840. The monoisotopic (exact) mass is 485 g/mol. The maximum absolute atomic E-state index is 11.6. The Morgan fingerprint density at radius 1 is 0.833 bits per heavy atom. The molecule has 0 N–H and O–H groups in total. The third-order valence-electron chi connectivity index (χ3n) is 5.77. The molecule has 0 aliphatic carbocycles. The number of aromatic nitrogens is 2. The second-order valence-electron chi connectivity index (χ2n) is 8.45. The second kappa shape index (κ2) is 21.4. The summed E-state index contributed by atoms with van der Waals surface area (Å²) in [4.78, 5) is 15.9. The standard InChI is InChI=1S/C25H46N2O2.BrH/c1-3-5-7-8-9-10-11-14-17-24(27-21-20-26-23-27)18-15-12-13-16-19-25(28)29-22-6-4-2;/h20-21,23-24H,3-19,22H2,1-2H3;1H/p-1. The average Bonchev–Trinajstić information content (AvgIpc) is 3.25. The molecule has 0 radical (unpaired) electrons. The number of rotatable bonds is 20. The third-order valence-corrected chi connectivity index (χ3v) is 5.77. The predicted octanol–water partition coefficient (Wildman–Crippen LogP) is 4.64. The van der Waals surface area contributed by atoms with Gasteiger partial charge in [0.2, 0.25) is 0 Å². The van der Waals surface area contributed by atoms with Crippen molar-refractivity contribution in [3.63, 3.8) is 0 Å². The molecule has 0 saturated carbocycles. The first-order valence-electron chi connectivity index (χ1n) is 12.4. The van der Waals surface area contributed by atoms with Crippen LogP contribution in [0, 0.1) is 0 Å². The van der Waals surface area contributed by atoms with Crippen molar-refractivity contribution >= 4 is 5.97 Å². The van der Waals surface area contributed by atoms with Crippen molar-refractivity contribution in [1.29, 1.82) is 0 Å². The topological polar surface area (TPSA) is 44.1 Å².